The highest BCUT2D eigenvalue weighted by molar-refractivity contribution is 4.91. The van der Waals surface area contributed by atoms with E-state index in [-0.39, 0.29) is 6.10 Å². The Hall–Kier alpha value is -0.380. The largest absolute Gasteiger partial charge is 0.386 e. The molecular formula is C10H19NO2. The van der Waals surface area contributed by atoms with Gasteiger partial charge >= 0.3 is 0 Å². The molecule has 1 rings (SSSR count). The summed E-state index contributed by atoms with van der Waals surface area (Å²) >= 11 is 0. The molecule has 0 aromatic carbocycles. The van der Waals surface area contributed by atoms with Crippen LogP contribution in [0.3, 0.4) is 0 Å². The summed E-state index contributed by atoms with van der Waals surface area (Å²) in [4.78, 5) is 0. The van der Waals surface area contributed by atoms with Gasteiger partial charge in [0.1, 0.15) is 5.60 Å². The van der Waals surface area contributed by atoms with Gasteiger partial charge in [-0.2, -0.15) is 0 Å². The Labute approximate surface area is 79.8 Å². The van der Waals surface area contributed by atoms with Crippen LogP contribution >= 0.6 is 0 Å². The number of rotatable bonds is 5. The maximum Gasteiger partial charge on any atom is 0.105 e. The molecule has 1 saturated heterocycles. The molecule has 0 saturated carbocycles. The highest BCUT2D eigenvalue weighted by atomic mass is 16.5. The third-order valence-corrected chi connectivity index (χ3v) is 2.62. The third kappa shape index (κ3) is 2.79. The number of aliphatic hydroxyl groups is 1. The highest BCUT2D eigenvalue weighted by Crippen LogP contribution is 2.24. The predicted octanol–water partition coefficient (Wildman–Crippen LogP) is 0.692. The fourth-order valence-corrected chi connectivity index (χ4v) is 1.51. The van der Waals surface area contributed by atoms with Crippen molar-refractivity contribution in [2.24, 2.45) is 0 Å². The fourth-order valence-electron chi connectivity index (χ4n) is 1.51. The SMILES string of the molecule is C=CCCNCC1(O)CCOC1C. The Morgan fingerprint density at radius 2 is 2.54 bits per heavy atom. The molecule has 0 bridgehead atoms. The van der Waals surface area contributed by atoms with E-state index in [4.69, 9.17) is 4.74 Å². The summed E-state index contributed by atoms with van der Waals surface area (Å²) in [5.74, 6) is 0. The molecule has 3 nitrogen and oxygen atoms in total. The van der Waals surface area contributed by atoms with Gasteiger partial charge in [-0.1, -0.05) is 6.08 Å². The summed E-state index contributed by atoms with van der Waals surface area (Å²) < 4.78 is 5.32. The molecular weight excluding hydrogens is 166 g/mol. The van der Waals surface area contributed by atoms with Gasteiger partial charge in [-0.05, 0) is 19.9 Å². The zero-order chi connectivity index (χ0) is 9.73. The van der Waals surface area contributed by atoms with Crippen molar-refractivity contribution in [1.82, 2.24) is 5.32 Å². The second kappa shape index (κ2) is 4.74. The van der Waals surface area contributed by atoms with E-state index < -0.39 is 5.60 Å². The Morgan fingerprint density at radius 3 is 3.08 bits per heavy atom. The highest BCUT2D eigenvalue weighted by Gasteiger charge is 2.38. The van der Waals surface area contributed by atoms with E-state index in [1.54, 1.807) is 0 Å². The van der Waals surface area contributed by atoms with Gasteiger partial charge in [0.15, 0.2) is 0 Å². The van der Waals surface area contributed by atoms with E-state index in [0.29, 0.717) is 13.2 Å². The molecule has 2 N–H and O–H groups in total. The van der Waals surface area contributed by atoms with Crippen LogP contribution in [0.4, 0.5) is 0 Å². The van der Waals surface area contributed by atoms with Gasteiger partial charge in [0, 0.05) is 19.6 Å². The van der Waals surface area contributed by atoms with E-state index in [9.17, 15) is 5.11 Å². The molecule has 76 valence electrons. The molecule has 0 amide bonds. The molecule has 1 heterocycles. The molecule has 0 aliphatic carbocycles. The number of hydrogen-bond donors (Lipinski definition) is 2. The molecule has 0 radical (unpaired) electrons. The standard InChI is InChI=1S/C10H19NO2/c1-3-4-6-11-8-10(12)5-7-13-9(10)2/h3,9,11-12H,1,4-8H2,2H3. The molecule has 13 heavy (non-hydrogen) atoms. The summed E-state index contributed by atoms with van der Waals surface area (Å²) in [6.07, 6.45) is 3.48. The minimum absolute atomic E-state index is 0.0521. The van der Waals surface area contributed by atoms with Gasteiger partial charge in [-0.25, -0.2) is 0 Å². The van der Waals surface area contributed by atoms with Crippen LogP contribution in [0, 0.1) is 0 Å². The molecule has 1 fully saturated rings. The maximum atomic E-state index is 10.0. The Morgan fingerprint density at radius 1 is 1.77 bits per heavy atom. The molecule has 1 aliphatic heterocycles. The second-order valence-electron chi connectivity index (χ2n) is 3.62. The maximum absolute atomic E-state index is 10.0. The van der Waals surface area contributed by atoms with Gasteiger partial charge in [0.2, 0.25) is 0 Å². The van der Waals surface area contributed by atoms with Crippen molar-refractivity contribution in [3.05, 3.63) is 12.7 Å². The summed E-state index contributed by atoms with van der Waals surface area (Å²) in [7, 11) is 0. The topological polar surface area (TPSA) is 41.5 Å². The first kappa shape index (κ1) is 10.7. The first-order chi connectivity index (χ1) is 6.19. The average molecular weight is 185 g/mol. The Kier molecular flexibility index (Phi) is 3.90. The first-order valence-corrected chi connectivity index (χ1v) is 4.84. The minimum atomic E-state index is -0.666. The summed E-state index contributed by atoms with van der Waals surface area (Å²) in [5, 5.41) is 13.2. The van der Waals surface area contributed by atoms with Crippen molar-refractivity contribution < 1.29 is 9.84 Å². The lowest BCUT2D eigenvalue weighted by molar-refractivity contribution is -0.0259. The summed E-state index contributed by atoms with van der Waals surface area (Å²) in [6.45, 7) is 7.71. The first-order valence-electron chi connectivity index (χ1n) is 4.84. The van der Waals surface area contributed by atoms with E-state index in [0.717, 1.165) is 19.4 Å². The summed E-state index contributed by atoms with van der Waals surface area (Å²) in [6, 6.07) is 0. The molecule has 2 unspecified atom stereocenters. The number of ether oxygens (including phenoxy) is 1. The number of nitrogens with one attached hydrogen (secondary N) is 1. The zero-order valence-electron chi connectivity index (χ0n) is 8.25. The van der Waals surface area contributed by atoms with E-state index in [2.05, 4.69) is 11.9 Å². The van der Waals surface area contributed by atoms with E-state index in [1.807, 2.05) is 13.0 Å². The van der Waals surface area contributed by atoms with Crippen molar-refractivity contribution in [3.8, 4) is 0 Å². The van der Waals surface area contributed by atoms with E-state index in [1.165, 1.54) is 0 Å². The van der Waals surface area contributed by atoms with Gasteiger partial charge in [0.05, 0.1) is 6.10 Å². The molecule has 0 spiro atoms. The molecule has 2 atom stereocenters. The quantitative estimate of drug-likeness (QED) is 0.489. The Balaban J connectivity index is 2.22. The lowest BCUT2D eigenvalue weighted by Gasteiger charge is -2.26. The summed E-state index contributed by atoms with van der Waals surface area (Å²) in [5.41, 5.74) is -0.666. The minimum Gasteiger partial charge on any atom is -0.386 e. The van der Waals surface area contributed by atoms with Crippen LogP contribution < -0.4 is 5.32 Å². The lowest BCUT2D eigenvalue weighted by Crippen LogP contribution is -2.46. The van der Waals surface area contributed by atoms with Crippen LogP contribution in [0.15, 0.2) is 12.7 Å². The predicted molar refractivity (Wildman–Crippen MR) is 52.7 cm³/mol. The van der Waals surface area contributed by atoms with E-state index >= 15 is 0 Å². The second-order valence-corrected chi connectivity index (χ2v) is 3.62. The van der Waals surface area contributed by atoms with Crippen LogP contribution in [-0.2, 0) is 4.74 Å². The van der Waals surface area contributed by atoms with Crippen molar-refractivity contribution >= 4 is 0 Å². The molecule has 3 heteroatoms. The van der Waals surface area contributed by atoms with Crippen molar-refractivity contribution in [2.45, 2.75) is 31.5 Å². The lowest BCUT2D eigenvalue weighted by atomic mass is 9.97. The van der Waals surface area contributed by atoms with Crippen LogP contribution in [0.2, 0.25) is 0 Å². The zero-order valence-corrected chi connectivity index (χ0v) is 8.25. The van der Waals surface area contributed by atoms with Crippen LogP contribution in [0.25, 0.3) is 0 Å². The molecule has 1 aliphatic rings. The van der Waals surface area contributed by atoms with Gasteiger partial charge in [-0.3, -0.25) is 0 Å². The van der Waals surface area contributed by atoms with Gasteiger partial charge < -0.3 is 15.2 Å². The van der Waals surface area contributed by atoms with Crippen LogP contribution in [-0.4, -0.2) is 36.5 Å². The fraction of sp³-hybridized carbons (Fsp3) is 0.800. The normalized spacial score (nSPS) is 33.5. The monoisotopic (exact) mass is 185 g/mol. The molecule has 0 aromatic heterocycles. The third-order valence-electron chi connectivity index (χ3n) is 2.62. The van der Waals surface area contributed by atoms with Crippen LogP contribution in [0.1, 0.15) is 19.8 Å². The number of hydrogen-bond acceptors (Lipinski definition) is 3. The van der Waals surface area contributed by atoms with Gasteiger partial charge in [0.25, 0.3) is 0 Å². The Bertz CT molecular complexity index is 172. The smallest absolute Gasteiger partial charge is 0.105 e. The van der Waals surface area contributed by atoms with Gasteiger partial charge in [-0.15, -0.1) is 6.58 Å². The van der Waals surface area contributed by atoms with Crippen molar-refractivity contribution in [1.29, 1.82) is 0 Å². The van der Waals surface area contributed by atoms with Crippen molar-refractivity contribution in [3.63, 3.8) is 0 Å². The van der Waals surface area contributed by atoms with Crippen molar-refractivity contribution in [2.75, 3.05) is 19.7 Å². The molecule has 0 aromatic rings. The van der Waals surface area contributed by atoms with Crippen LogP contribution in [0.5, 0.6) is 0 Å². The average Bonchev–Trinajstić information content (AvgIpc) is 2.42.